The summed E-state index contributed by atoms with van der Waals surface area (Å²) in [5, 5.41) is 7.69. The Morgan fingerprint density at radius 2 is 1.40 bits per heavy atom. The summed E-state index contributed by atoms with van der Waals surface area (Å²) in [6.45, 7) is 5.06. The van der Waals surface area contributed by atoms with E-state index in [1.165, 1.54) is 52.8 Å². The normalized spacial score (nSPS) is 20.6. The van der Waals surface area contributed by atoms with Crippen LogP contribution in [0.2, 0.25) is 0 Å². The van der Waals surface area contributed by atoms with Crippen LogP contribution in [-0.2, 0) is 20.0 Å². The third-order valence-electron chi connectivity index (χ3n) is 5.03. The Bertz CT molecular complexity index is 1120. The molecule has 1 heterocycles. The van der Waals surface area contributed by atoms with Crippen molar-refractivity contribution < 1.29 is 21.6 Å². The Hall–Kier alpha value is -2.27. The molecule has 30 heavy (non-hydrogen) atoms. The maximum Gasteiger partial charge on any atom is 0.255 e. The Kier molecular flexibility index (Phi) is 6.32. The van der Waals surface area contributed by atoms with Crippen molar-refractivity contribution in [3.05, 3.63) is 54.1 Å². The van der Waals surface area contributed by atoms with Crippen LogP contribution >= 0.6 is 0 Å². The molecule has 10 heteroatoms. The van der Waals surface area contributed by atoms with Crippen LogP contribution < -0.4 is 10.5 Å². The molecule has 162 valence electrons. The summed E-state index contributed by atoms with van der Waals surface area (Å²) in [6, 6.07) is 11.2. The van der Waals surface area contributed by atoms with E-state index < -0.39 is 26.0 Å². The van der Waals surface area contributed by atoms with E-state index in [0.29, 0.717) is 30.6 Å². The maximum absolute atomic E-state index is 12.9. The highest BCUT2D eigenvalue weighted by Crippen LogP contribution is 2.27. The number of piperidine rings is 1. The van der Waals surface area contributed by atoms with E-state index >= 15 is 0 Å². The number of amides is 1. The second-order valence-corrected chi connectivity index (χ2v) is 11.3. The number of hydrogen-bond donors (Lipinski definition) is 2. The highest BCUT2D eigenvalue weighted by molar-refractivity contribution is 7.89. The first-order valence-electron chi connectivity index (χ1n) is 9.51. The smallest absolute Gasteiger partial charge is 0.255 e. The molecule has 1 aliphatic rings. The third-order valence-corrected chi connectivity index (χ3v) is 7.81. The number of anilines is 1. The topological polar surface area (TPSA) is 127 Å². The van der Waals surface area contributed by atoms with Crippen molar-refractivity contribution in [2.45, 2.75) is 30.1 Å². The summed E-state index contributed by atoms with van der Waals surface area (Å²) in [5.74, 6) is 0.158. The van der Waals surface area contributed by atoms with E-state index in [2.05, 4.69) is 5.32 Å². The molecule has 0 aromatic heterocycles. The summed E-state index contributed by atoms with van der Waals surface area (Å²) >= 11 is 0. The van der Waals surface area contributed by atoms with Gasteiger partial charge in [0.15, 0.2) is 0 Å². The van der Waals surface area contributed by atoms with E-state index in [0.717, 1.165) is 6.42 Å². The van der Waals surface area contributed by atoms with Crippen LogP contribution in [-0.4, -0.2) is 40.1 Å². The molecular formula is C20H25N3O5S2. The quantitative estimate of drug-likeness (QED) is 0.721. The van der Waals surface area contributed by atoms with Gasteiger partial charge < -0.3 is 5.32 Å². The minimum atomic E-state index is -3.81. The van der Waals surface area contributed by atoms with Crippen molar-refractivity contribution in [2.24, 2.45) is 17.0 Å². The van der Waals surface area contributed by atoms with Gasteiger partial charge >= 0.3 is 0 Å². The maximum atomic E-state index is 12.9. The molecule has 2 atom stereocenters. The summed E-state index contributed by atoms with van der Waals surface area (Å²) in [7, 11) is -7.42. The predicted molar refractivity (Wildman–Crippen MR) is 114 cm³/mol. The van der Waals surface area contributed by atoms with Crippen LogP contribution in [0.15, 0.2) is 58.3 Å². The lowest BCUT2D eigenvalue weighted by atomic mass is 9.94. The van der Waals surface area contributed by atoms with Crippen molar-refractivity contribution in [1.29, 1.82) is 0 Å². The van der Waals surface area contributed by atoms with Crippen molar-refractivity contribution in [3.63, 3.8) is 0 Å². The number of sulfonamides is 2. The standard InChI is InChI=1S/C20H25N3O5S2/c1-14-11-15(2)13-23(12-14)30(27,28)19-7-3-16(4-8-19)20(24)22-17-5-9-18(10-6-17)29(21,25)26/h3-10,14-15H,11-13H2,1-2H3,(H,22,24)(H2,21,25,26)/t14-,15+. The number of primary sulfonamides is 1. The van der Waals surface area contributed by atoms with E-state index in [4.69, 9.17) is 5.14 Å². The Morgan fingerprint density at radius 3 is 1.90 bits per heavy atom. The predicted octanol–water partition coefficient (Wildman–Crippen LogP) is 2.25. The average Bonchev–Trinajstić information content (AvgIpc) is 2.67. The lowest BCUT2D eigenvalue weighted by Gasteiger charge is -2.34. The highest BCUT2D eigenvalue weighted by atomic mass is 32.2. The van der Waals surface area contributed by atoms with E-state index in [1.54, 1.807) is 0 Å². The number of hydrogen-bond acceptors (Lipinski definition) is 5. The summed E-state index contributed by atoms with van der Waals surface area (Å²) in [5.41, 5.74) is 0.672. The van der Waals surface area contributed by atoms with Crippen LogP contribution in [0.3, 0.4) is 0 Å². The number of carbonyl (C=O) groups is 1. The van der Waals surface area contributed by atoms with Crippen LogP contribution in [0.1, 0.15) is 30.6 Å². The summed E-state index contributed by atoms with van der Waals surface area (Å²) in [4.78, 5) is 12.5. The van der Waals surface area contributed by atoms with Crippen molar-refractivity contribution >= 4 is 31.6 Å². The van der Waals surface area contributed by atoms with Crippen LogP contribution in [0.25, 0.3) is 0 Å². The van der Waals surface area contributed by atoms with E-state index in [9.17, 15) is 21.6 Å². The first-order valence-corrected chi connectivity index (χ1v) is 12.5. The molecule has 0 bridgehead atoms. The highest BCUT2D eigenvalue weighted by Gasteiger charge is 2.31. The van der Waals surface area contributed by atoms with Gasteiger partial charge in [-0.15, -0.1) is 0 Å². The molecule has 3 rings (SSSR count). The second kappa shape index (κ2) is 8.46. The molecule has 1 fully saturated rings. The van der Waals surface area contributed by atoms with Crippen LogP contribution in [0.4, 0.5) is 5.69 Å². The number of nitrogens with two attached hydrogens (primary N) is 1. The molecule has 8 nitrogen and oxygen atoms in total. The zero-order valence-electron chi connectivity index (χ0n) is 16.8. The molecule has 2 aromatic rings. The first kappa shape index (κ1) is 22.4. The summed E-state index contributed by atoms with van der Waals surface area (Å²) in [6.07, 6.45) is 1.00. The molecule has 2 aromatic carbocycles. The Labute approximate surface area is 177 Å². The Morgan fingerprint density at radius 1 is 0.900 bits per heavy atom. The number of rotatable bonds is 5. The fourth-order valence-corrected chi connectivity index (χ4v) is 5.86. The lowest BCUT2D eigenvalue weighted by Crippen LogP contribution is -2.42. The molecule has 0 saturated carbocycles. The van der Waals surface area contributed by atoms with Gasteiger partial charge in [0, 0.05) is 24.3 Å². The zero-order chi connectivity index (χ0) is 22.1. The summed E-state index contributed by atoms with van der Waals surface area (Å²) < 4.78 is 49.9. The van der Waals surface area contributed by atoms with E-state index in [1.807, 2.05) is 13.8 Å². The number of carbonyl (C=O) groups excluding carboxylic acids is 1. The molecule has 0 aliphatic carbocycles. The monoisotopic (exact) mass is 451 g/mol. The number of nitrogens with one attached hydrogen (secondary N) is 1. The molecule has 1 saturated heterocycles. The number of benzene rings is 2. The van der Waals surface area contributed by atoms with Gasteiger partial charge in [-0.05, 0) is 66.8 Å². The largest absolute Gasteiger partial charge is 0.322 e. The minimum Gasteiger partial charge on any atom is -0.322 e. The van der Waals surface area contributed by atoms with Gasteiger partial charge in [0.2, 0.25) is 20.0 Å². The molecule has 3 N–H and O–H groups in total. The minimum absolute atomic E-state index is 0.0589. The molecule has 1 amide bonds. The van der Waals surface area contributed by atoms with Gasteiger partial charge in [-0.3, -0.25) is 4.79 Å². The SMILES string of the molecule is C[C@@H]1C[C@H](C)CN(S(=O)(=O)c2ccc(C(=O)Nc3ccc(S(N)(=O)=O)cc3)cc2)C1. The molecule has 0 radical (unpaired) electrons. The Balaban J connectivity index is 1.72. The second-order valence-electron chi connectivity index (χ2n) is 7.82. The zero-order valence-corrected chi connectivity index (χ0v) is 18.4. The fraction of sp³-hybridized carbons (Fsp3) is 0.350. The average molecular weight is 452 g/mol. The molecule has 1 aliphatic heterocycles. The first-order chi connectivity index (χ1) is 14.0. The lowest BCUT2D eigenvalue weighted by molar-refractivity contribution is 0.102. The van der Waals surface area contributed by atoms with Crippen molar-refractivity contribution in [1.82, 2.24) is 4.31 Å². The molecular weight excluding hydrogens is 426 g/mol. The van der Waals surface area contributed by atoms with Gasteiger partial charge in [0.1, 0.15) is 0 Å². The van der Waals surface area contributed by atoms with Crippen molar-refractivity contribution in [2.75, 3.05) is 18.4 Å². The van der Waals surface area contributed by atoms with Gasteiger partial charge in [0.05, 0.1) is 9.79 Å². The van der Waals surface area contributed by atoms with Crippen LogP contribution in [0, 0.1) is 11.8 Å². The van der Waals surface area contributed by atoms with Crippen LogP contribution in [0.5, 0.6) is 0 Å². The van der Waals surface area contributed by atoms with E-state index in [-0.39, 0.29) is 15.4 Å². The molecule has 0 spiro atoms. The number of nitrogens with zero attached hydrogens (tertiary/aromatic N) is 1. The fourth-order valence-electron chi connectivity index (χ4n) is 3.66. The third kappa shape index (κ3) is 5.07. The van der Waals surface area contributed by atoms with Gasteiger partial charge in [-0.2, -0.15) is 4.31 Å². The van der Waals surface area contributed by atoms with Gasteiger partial charge in [-0.25, -0.2) is 22.0 Å². The van der Waals surface area contributed by atoms with Gasteiger partial charge in [-0.1, -0.05) is 13.8 Å². The molecule has 0 unspecified atom stereocenters. The van der Waals surface area contributed by atoms with Gasteiger partial charge in [0.25, 0.3) is 5.91 Å². The van der Waals surface area contributed by atoms with Crippen molar-refractivity contribution in [3.8, 4) is 0 Å².